The largest absolute Gasteiger partial charge is 0.496 e. The van der Waals surface area contributed by atoms with E-state index in [-0.39, 0.29) is 12.5 Å². The maximum Gasteiger partial charge on any atom is 0.253 e. The first-order chi connectivity index (χ1) is 10.9. The van der Waals surface area contributed by atoms with Crippen LogP contribution in [0.25, 0.3) is 0 Å². The molecule has 23 heavy (non-hydrogen) atoms. The summed E-state index contributed by atoms with van der Waals surface area (Å²) < 4.78 is 5.37. The second kappa shape index (κ2) is 5.85. The maximum absolute atomic E-state index is 12.7. The SMILES string of the molecule is COc1ccc(C(=O)N2CCC[C@](O)(C(N)=O)C2)cc1C1CC1. The van der Waals surface area contributed by atoms with Crippen LogP contribution in [0.1, 0.15) is 47.5 Å². The molecule has 0 bridgehead atoms. The van der Waals surface area contributed by atoms with Crippen molar-refractivity contribution in [2.75, 3.05) is 20.2 Å². The van der Waals surface area contributed by atoms with Gasteiger partial charge < -0.3 is 20.5 Å². The van der Waals surface area contributed by atoms with Crippen LogP contribution in [-0.2, 0) is 4.79 Å². The number of hydrogen-bond donors (Lipinski definition) is 2. The number of primary amides is 1. The average Bonchev–Trinajstić information content (AvgIpc) is 3.38. The highest BCUT2D eigenvalue weighted by molar-refractivity contribution is 5.95. The zero-order chi connectivity index (χ0) is 16.6. The lowest BCUT2D eigenvalue weighted by Crippen LogP contribution is -2.57. The summed E-state index contributed by atoms with van der Waals surface area (Å²) in [6.45, 7) is 0.463. The van der Waals surface area contributed by atoms with Crippen LogP contribution in [0.4, 0.5) is 0 Å². The van der Waals surface area contributed by atoms with Crippen LogP contribution >= 0.6 is 0 Å². The number of ether oxygens (including phenoxy) is 1. The molecule has 1 aliphatic carbocycles. The van der Waals surface area contributed by atoms with Gasteiger partial charge in [0.15, 0.2) is 5.60 Å². The first-order valence-corrected chi connectivity index (χ1v) is 7.94. The molecule has 2 amide bonds. The second-order valence-electron chi connectivity index (χ2n) is 6.46. The van der Waals surface area contributed by atoms with Crippen molar-refractivity contribution < 1.29 is 19.4 Å². The fourth-order valence-corrected chi connectivity index (χ4v) is 3.17. The summed E-state index contributed by atoms with van der Waals surface area (Å²) in [7, 11) is 1.63. The monoisotopic (exact) mass is 318 g/mol. The van der Waals surface area contributed by atoms with Crippen molar-refractivity contribution in [2.45, 2.75) is 37.2 Å². The maximum atomic E-state index is 12.7. The van der Waals surface area contributed by atoms with Gasteiger partial charge in [-0.2, -0.15) is 0 Å². The van der Waals surface area contributed by atoms with Gasteiger partial charge in [-0.3, -0.25) is 9.59 Å². The minimum Gasteiger partial charge on any atom is -0.496 e. The van der Waals surface area contributed by atoms with Crippen LogP contribution in [-0.4, -0.2) is 47.6 Å². The molecule has 6 nitrogen and oxygen atoms in total. The molecule has 1 saturated carbocycles. The number of β-amino-alcohol motifs (C(OH)–C–C–N with tert-alkyl or cyclic N) is 1. The van der Waals surface area contributed by atoms with E-state index in [4.69, 9.17) is 10.5 Å². The Morgan fingerprint density at radius 2 is 2.13 bits per heavy atom. The van der Waals surface area contributed by atoms with Gasteiger partial charge in [0.1, 0.15) is 5.75 Å². The Hall–Kier alpha value is -2.08. The lowest BCUT2D eigenvalue weighted by atomic mass is 9.91. The average molecular weight is 318 g/mol. The second-order valence-corrected chi connectivity index (χ2v) is 6.46. The molecule has 6 heteroatoms. The van der Waals surface area contributed by atoms with E-state index in [2.05, 4.69) is 0 Å². The summed E-state index contributed by atoms with van der Waals surface area (Å²) in [5, 5.41) is 10.3. The predicted octanol–water partition coefficient (Wildman–Crippen LogP) is 1.03. The molecule has 0 aromatic heterocycles. The number of carbonyl (C=O) groups is 2. The Balaban J connectivity index is 1.82. The molecule has 2 aliphatic rings. The van der Waals surface area contributed by atoms with Crippen LogP contribution in [0, 0.1) is 0 Å². The number of methoxy groups -OCH3 is 1. The Bertz CT molecular complexity index is 641. The normalized spacial score (nSPS) is 24.3. The Morgan fingerprint density at radius 3 is 2.74 bits per heavy atom. The van der Waals surface area contributed by atoms with E-state index in [1.807, 2.05) is 12.1 Å². The third-order valence-electron chi connectivity index (χ3n) is 4.71. The van der Waals surface area contributed by atoms with Crippen LogP contribution < -0.4 is 10.5 Å². The van der Waals surface area contributed by atoms with Crippen molar-refractivity contribution in [1.29, 1.82) is 0 Å². The van der Waals surface area contributed by atoms with Gasteiger partial charge in [0, 0.05) is 12.1 Å². The highest BCUT2D eigenvalue weighted by Gasteiger charge is 2.40. The van der Waals surface area contributed by atoms with Crippen LogP contribution in [0.5, 0.6) is 5.75 Å². The molecule has 0 spiro atoms. The molecule has 1 aromatic carbocycles. The van der Waals surface area contributed by atoms with E-state index in [0.717, 1.165) is 24.2 Å². The quantitative estimate of drug-likeness (QED) is 0.867. The number of rotatable bonds is 4. The Morgan fingerprint density at radius 1 is 1.39 bits per heavy atom. The molecule has 2 fully saturated rings. The number of likely N-dealkylation sites (tertiary alicyclic amines) is 1. The summed E-state index contributed by atoms with van der Waals surface area (Å²) >= 11 is 0. The van der Waals surface area contributed by atoms with Crippen molar-refractivity contribution in [2.24, 2.45) is 5.73 Å². The first-order valence-electron chi connectivity index (χ1n) is 7.94. The number of piperidine rings is 1. The topological polar surface area (TPSA) is 92.9 Å². The Kier molecular flexibility index (Phi) is 4.02. The number of benzene rings is 1. The third kappa shape index (κ3) is 3.03. The molecule has 1 saturated heterocycles. The molecule has 1 heterocycles. The van der Waals surface area contributed by atoms with Crippen molar-refractivity contribution >= 4 is 11.8 Å². The molecule has 1 atom stereocenters. The molecule has 0 unspecified atom stereocenters. The summed E-state index contributed by atoms with van der Waals surface area (Å²) in [6, 6.07) is 5.41. The van der Waals surface area contributed by atoms with E-state index in [0.29, 0.717) is 30.9 Å². The fourth-order valence-electron chi connectivity index (χ4n) is 3.17. The zero-order valence-corrected chi connectivity index (χ0v) is 13.2. The molecule has 3 rings (SSSR count). The first kappa shape index (κ1) is 15.8. The summed E-state index contributed by atoms with van der Waals surface area (Å²) in [4.78, 5) is 25.7. The van der Waals surface area contributed by atoms with Gasteiger partial charge in [0.2, 0.25) is 0 Å². The summed E-state index contributed by atoms with van der Waals surface area (Å²) in [6.07, 6.45) is 3.07. The number of hydrogen-bond acceptors (Lipinski definition) is 4. The number of carbonyl (C=O) groups excluding carboxylic acids is 2. The van der Waals surface area contributed by atoms with Gasteiger partial charge in [-0.1, -0.05) is 0 Å². The van der Waals surface area contributed by atoms with Crippen LogP contribution in [0.3, 0.4) is 0 Å². The van der Waals surface area contributed by atoms with Crippen molar-refractivity contribution in [3.63, 3.8) is 0 Å². The minimum atomic E-state index is -1.63. The molecule has 1 aliphatic heterocycles. The zero-order valence-electron chi connectivity index (χ0n) is 13.2. The fraction of sp³-hybridized carbons (Fsp3) is 0.529. The van der Waals surface area contributed by atoms with Crippen LogP contribution in [0.15, 0.2) is 18.2 Å². The predicted molar refractivity (Wildman–Crippen MR) is 84.3 cm³/mol. The summed E-state index contributed by atoms with van der Waals surface area (Å²) in [5.41, 5.74) is 5.26. The van der Waals surface area contributed by atoms with Gasteiger partial charge in [0.05, 0.1) is 13.7 Å². The summed E-state index contributed by atoms with van der Waals surface area (Å²) in [5.74, 6) is 0.301. The standard InChI is InChI=1S/C17H22N2O4/c1-23-14-6-5-12(9-13(14)11-3-4-11)15(20)19-8-2-7-17(22,10-19)16(18)21/h5-6,9,11,22H,2-4,7-8,10H2,1H3,(H2,18,21)/t17-/m1/s1. The molecular weight excluding hydrogens is 296 g/mol. The van der Waals surface area contributed by atoms with E-state index in [1.165, 1.54) is 4.90 Å². The molecule has 124 valence electrons. The number of nitrogens with zero attached hydrogens (tertiary/aromatic N) is 1. The number of aliphatic hydroxyl groups is 1. The lowest BCUT2D eigenvalue weighted by molar-refractivity contribution is -0.140. The highest BCUT2D eigenvalue weighted by Crippen LogP contribution is 2.44. The molecular formula is C17H22N2O4. The van der Waals surface area contributed by atoms with Crippen LogP contribution in [0.2, 0.25) is 0 Å². The van der Waals surface area contributed by atoms with Gasteiger partial charge in [-0.25, -0.2) is 0 Å². The molecule has 3 N–H and O–H groups in total. The number of nitrogens with two attached hydrogens (primary N) is 1. The van der Waals surface area contributed by atoms with Gasteiger partial charge in [0.25, 0.3) is 11.8 Å². The lowest BCUT2D eigenvalue weighted by Gasteiger charge is -2.37. The highest BCUT2D eigenvalue weighted by atomic mass is 16.5. The smallest absolute Gasteiger partial charge is 0.253 e. The minimum absolute atomic E-state index is 0.0496. The van der Waals surface area contributed by atoms with Crippen molar-refractivity contribution in [1.82, 2.24) is 4.90 Å². The van der Waals surface area contributed by atoms with Gasteiger partial charge >= 0.3 is 0 Å². The van der Waals surface area contributed by atoms with Gasteiger partial charge in [-0.15, -0.1) is 0 Å². The van der Waals surface area contributed by atoms with E-state index in [1.54, 1.807) is 13.2 Å². The number of amides is 2. The van der Waals surface area contributed by atoms with E-state index >= 15 is 0 Å². The van der Waals surface area contributed by atoms with Crippen molar-refractivity contribution in [3.8, 4) is 5.75 Å². The van der Waals surface area contributed by atoms with Gasteiger partial charge in [-0.05, 0) is 55.4 Å². The third-order valence-corrected chi connectivity index (χ3v) is 4.71. The Labute approximate surface area is 135 Å². The van der Waals surface area contributed by atoms with E-state index in [9.17, 15) is 14.7 Å². The van der Waals surface area contributed by atoms with Crippen molar-refractivity contribution in [3.05, 3.63) is 29.3 Å². The van der Waals surface area contributed by atoms with E-state index < -0.39 is 11.5 Å². The molecule has 0 radical (unpaired) electrons. The molecule has 1 aromatic rings.